The molecule has 1 aliphatic rings. The van der Waals surface area contributed by atoms with Crippen LogP contribution in [0.4, 0.5) is 0 Å². The third-order valence-corrected chi connectivity index (χ3v) is 5.17. The van der Waals surface area contributed by atoms with Crippen LogP contribution < -0.4 is 0 Å². The summed E-state index contributed by atoms with van der Waals surface area (Å²) in [6.07, 6.45) is 4.03. The topological polar surface area (TPSA) is 43.9 Å². The molecule has 4 heteroatoms. The second kappa shape index (κ2) is 4.70. The van der Waals surface area contributed by atoms with E-state index in [-0.39, 0.29) is 0 Å². The highest BCUT2D eigenvalue weighted by Gasteiger charge is 2.21. The number of pyridine rings is 1. The summed E-state index contributed by atoms with van der Waals surface area (Å²) in [6.45, 7) is 1.02. The van der Waals surface area contributed by atoms with Gasteiger partial charge < -0.3 is 8.98 Å². The summed E-state index contributed by atoms with van der Waals surface area (Å²) in [5.41, 5.74) is 5.97. The minimum Gasteiger partial charge on any atom is -0.453 e. The molecule has 0 N–H and O–H groups in total. The maximum atomic E-state index is 6.43. The first-order valence-electron chi connectivity index (χ1n) is 8.65. The second-order valence-electron chi connectivity index (χ2n) is 6.59. The zero-order valence-electron chi connectivity index (χ0n) is 13.6. The maximum Gasteiger partial charge on any atom is 0.161 e. The van der Waals surface area contributed by atoms with E-state index in [4.69, 9.17) is 9.40 Å². The fraction of sp³-hybridized carbons (Fsp3) is 0.143. The van der Waals surface area contributed by atoms with Gasteiger partial charge in [-0.05, 0) is 36.8 Å². The van der Waals surface area contributed by atoms with Crippen molar-refractivity contribution in [3.8, 4) is 11.3 Å². The molecule has 0 fully saturated rings. The Kier molecular flexibility index (Phi) is 2.48. The van der Waals surface area contributed by atoms with Crippen LogP contribution in [0, 0.1) is 0 Å². The minimum atomic E-state index is 0.900. The lowest BCUT2D eigenvalue weighted by molar-refractivity contribution is 0.667. The summed E-state index contributed by atoms with van der Waals surface area (Å²) in [7, 11) is 0. The van der Waals surface area contributed by atoms with E-state index >= 15 is 0 Å². The Morgan fingerprint density at radius 2 is 1.88 bits per heavy atom. The van der Waals surface area contributed by atoms with E-state index in [0.29, 0.717) is 0 Å². The summed E-state index contributed by atoms with van der Waals surface area (Å²) in [5, 5.41) is 2.28. The van der Waals surface area contributed by atoms with E-state index in [9.17, 15) is 0 Å². The average molecular weight is 325 g/mol. The van der Waals surface area contributed by atoms with Crippen molar-refractivity contribution in [2.24, 2.45) is 0 Å². The molecule has 0 amide bonds. The predicted octanol–water partition coefficient (Wildman–Crippen LogP) is 4.94. The molecule has 0 bridgehead atoms. The highest BCUT2D eigenvalue weighted by molar-refractivity contribution is 6.15. The Balaban J connectivity index is 1.77. The van der Waals surface area contributed by atoms with E-state index in [1.54, 1.807) is 0 Å². The monoisotopic (exact) mass is 325 g/mol. The van der Waals surface area contributed by atoms with Crippen molar-refractivity contribution in [2.45, 2.75) is 19.4 Å². The van der Waals surface area contributed by atoms with E-state index in [1.807, 2.05) is 24.4 Å². The average Bonchev–Trinajstić information content (AvgIpc) is 3.33. The van der Waals surface area contributed by atoms with E-state index < -0.39 is 0 Å². The quantitative estimate of drug-likeness (QED) is 0.438. The number of benzene rings is 2. The van der Waals surface area contributed by atoms with Gasteiger partial charge in [0.2, 0.25) is 0 Å². The van der Waals surface area contributed by atoms with Crippen molar-refractivity contribution in [1.82, 2.24) is 14.5 Å². The first-order valence-corrected chi connectivity index (χ1v) is 8.65. The van der Waals surface area contributed by atoms with Crippen LogP contribution in [-0.2, 0) is 13.0 Å². The Morgan fingerprint density at radius 1 is 0.920 bits per heavy atom. The summed E-state index contributed by atoms with van der Waals surface area (Å²) in [6, 6.07) is 16.5. The molecule has 1 aliphatic heterocycles. The fourth-order valence-corrected chi connectivity index (χ4v) is 4.07. The van der Waals surface area contributed by atoms with Gasteiger partial charge in [0.05, 0.1) is 11.2 Å². The van der Waals surface area contributed by atoms with Crippen molar-refractivity contribution in [3.63, 3.8) is 0 Å². The molecule has 0 saturated heterocycles. The van der Waals surface area contributed by atoms with Crippen LogP contribution in [0.1, 0.15) is 12.2 Å². The number of nitrogens with zero attached hydrogens (tertiary/aromatic N) is 3. The van der Waals surface area contributed by atoms with Crippen LogP contribution in [0.5, 0.6) is 0 Å². The molecule has 0 aliphatic carbocycles. The van der Waals surface area contributed by atoms with Crippen LogP contribution in [0.2, 0.25) is 0 Å². The Bertz CT molecular complexity index is 1260. The number of aryl methyl sites for hydroxylation is 2. The van der Waals surface area contributed by atoms with Gasteiger partial charge in [0.15, 0.2) is 5.58 Å². The normalized spacial score (nSPS) is 13.9. The number of imidazole rings is 1. The Labute approximate surface area is 143 Å². The maximum absolute atomic E-state index is 6.43. The number of aromatic nitrogens is 3. The van der Waals surface area contributed by atoms with Crippen molar-refractivity contribution >= 4 is 33.0 Å². The summed E-state index contributed by atoms with van der Waals surface area (Å²) in [5.74, 6) is 1.17. The van der Waals surface area contributed by atoms with Crippen molar-refractivity contribution in [3.05, 3.63) is 60.6 Å². The van der Waals surface area contributed by atoms with Crippen LogP contribution >= 0.6 is 0 Å². The van der Waals surface area contributed by atoms with Crippen LogP contribution in [0.3, 0.4) is 0 Å². The van der Waals surface area contributed by atoms with Crippen molar-refractivity contribution < 1.29 is 4.42 Å². The van der Waals surface area contributed by atoms with Crippen LogP contribution in [0.15, 0.2) is 59.1 Å². The smallest absolute Gasteiger partial charge is 0.161 e. The fourth-order valence-electron chi connectivity index (χ4n) is 4.07. The lowest BCUT2D eigenvalue weighted by atomic mass is 10.1. The second-order valence-corrected chi connectivity index (χ2v) is 6.59. The van der Waals surface area contributed by atoms with E-state index in [2.05, 4.69) is 39.9 Å². The largest absolute Gasteiger partial charge is 0.453 e. The molecule has 2 aromatic carbocycles. The molecule has 0 spiro atoms. The molecule has 0 saturated carbocycles. The molecule has 25 heavy (non-hydrogen) atoms. The van der Waals surface area contributed by atoms with Crippen molar-refractivity contribution in [1.29, 1.82) is 0 Å². The zero-order valence-corrected chi connectivity index (χ0v) is 13.6. The molecule has 3 aromatic heterocycles. The van der Waals surface area contributed by atoms with Gasteiger partial charge in [-0.1, -0.05) is 18.2 Å². The van der Waals surface area contributed by atoms with Gasteiger partial charge in [0.25, 0.3) is 0 Å². The molecule has 6 rings (SSSR count). The van der Waals surface area contributed by atoms with Gasteiger partial charge in [-0.15, -0.1) is 0 Å². The molecule has 4 heterocycles. The number of para-hydroxylation sites is 1. The summed E-state index contributed by atoms with van der Waals surface area (Å²) < 4.78 is 8.75. The highest BCUT2D eigenvalue weighted by atomic mass is 16.3. The molecule has 120 valence electrons. The predicted molar refractivity (Wildman–Crippen MR) is 98.6 cm³/mol. The molecule has 5 aromatic rings. The number of hydrogen-bond acceptors (Lipinski definition) is 3. The number of furan rings is 1. The van der Waals surface area contributed by atoms with Gasteiger partial charge in [-0.2, -0.15) is 0 Å². The SMILES string of the molecule is c1ccc(-c2cccc3c2oc2c3ccc3nc4n(c32)CCC4)nc1. The minimum absolute atomic E-state index is 0.900. The van der Waals surface area contributed by atoms with E-state index in [0.717, 1.165) is 63.6 Å². The number of rotatable bonds is 1. The lowest BCUT2D eigenvalue weighted by Gasteiger charge is -2.00. The highest BCUT2D eigenvalue weighted by Crippen LogP contribution is 2.39. The molecule has 0 unspecified atom stereocenters. The number of hydrogen-bond donors (Lipinski definition) is 0. The van der Waals surface area contributed by atoms with Crippen LogP contribution in [0.25, 0.3) is 44.2 Å². The van der Waals surface area contributed by atoms with Crippen molar-refractivity contribution in [2.75, 3.05) is 0 Å². The zero-order chi connectivity index (χ0) is 16.4. The Hall–Kier alpha value is -3.14. The van der Waals surface area contributed by atoms with Crippen LogP contribution in [-0.4, -0.2) is 14.5 Å². The van der Waals surface area contributed by atoms with Gasteiger partial charge in [0.1, 0.15) is 16.9 Å². The molecular weight excluding hydrogens is 310 g/mol. The van der Waals surface area contributed by atoms with Gasteiger partial charge in [0, 0.05) is 35.5 Å². The summed E-state index contributed by atoms with van der Waals surface area (Å²) in [4.78, 5) is 9.29. The van der Waals surface area contributed by atoms with Gasteiger partial charge in [-0.3, -0.25) is 4.98 Å². The Morgan fingerprint density at radius 3 is 2.80 bits per heavy atom. The standard InChI is InChI=1S/C21H15N3O/c1-2-11-22-16(7-1)15-6-3-5-13-14-9-10-17-19(21(14)25-20(13)15)24-12-4-8-18(24)23-17/h1-3,5-7,9-11H,4,8,12H2. The molecule has 0 radical (unpaired) electrons. The third kappa shape index (κ3) is 1.71. The molecule has 4 nitrogen and oxygen atoms in total. The molecule has 0 atom stereocenters. The number of fused-ring (bicyclic) bond motifs is 7. The first-order chi connectivity index (χ1) is 12.4. The molecular formula is C21H15N3O. The summed E-state index contributed by atoms with van der Waals surface area (Å²) >= 11 is 0. The lowest BCUT2D eigenvalue weighted by Crippen LogP contribution is -1.91. The van der Waals surface area contributed by atoms with Gasteiger partial charge in [-0.25, -0.2) is 4.98 Å². The van der Waals surface area contributed by atoms with Gasteiger partial charge >= 0.3 is 0 Å². The first kappa shape index (κ1) is 13.2. The van der Waals surface area contributed by atoms with E-state index in [1.165, 1.54) is 5.82 Å². The third-order valence-electron chi connectivity index (χ3n) is 5.17.